The Kier molecular flexibility index (Phi) is 3.39. The van der Waals surface area contributed by atoms with E-state index in [2.05, 4.69) is 0 Å². The van der Waals surface area contributed by atoms with Crippen molar-refractivity contribution in [3.63, 3.8) is 0 Å². The molecule has 0 saturated heterocycles. The van der Waals surface area contributed by atoms with Gasteiger partial charge in [-0.2, -0.15) is 0 Å². The lowest BCUT2D eigenvalue weighted by molar-refractivity contribution is 0.0674. The van der Waals surface area contributed by atoms with Crippen LogP contribution in [0.25, 0.3) is 0 Å². The largest absolute Gasteiger partial charge is 0.300 e. The third-order valence-corrected chi connectivity index (χ3v) is 2.28. The number of hydrogen-bond acceptors (Lipinski definition) is 1. The van der Waals surface area contributed by atoms with Gasteiger partial charge in [-0.25, -0.2) is 13.2 Å². The van der Waals surface area contributed by atoms with Gasteiger partial charge in [0.25, 0.3) is 0 Å². The normalized spacial score (nSPS) is 10.7. The maximum absolute atomic E-state index is 13.1. The summed E-state index contributed by atoms with van der Waals surface area (Å²) in [6.45, 7) is 0. The van der Waals surface area contributed by atoms with Crippen molar-refractivity contribution in [2.24, 2.45) is 0 Å². The highest BCUT2D eigenvalue weighted by atomic mass is 35.5. The highest BCUT2D eigenvalue weighted by Crippen LogP contribution is 2.28. The second-order valence-corrected chi connectivity index (χ2v) is 3.17. The average Bonchev–Trinajstić information content (AvgIpc) is 2.13. The Morgan fingerprint density at radius 2 is 1.86 bits per heavy atom. The summed E-state index contributed by atoms with van der Waals surface area (Å²) < 4.78 is 37.0. The maximum Gasteiger partial charge on any atom is 0.300 e. The van der Waals surface area contributed by atoms with E-state index < -0.39 is 28.6 Å². The molecule has 0 N–H and O–H groups in total. The Labute approximate surface area is 87.4 Å². The molecule has 14 heavy (non-hydrogen) atoms. The monoisotopic (exact) mass is 242 g/mol. The van der Waals surface area contributed by atoms with Crippen molar-refractivity contribution >= 4 is 29.0 Å². The molecule has 0 unspecified atom stereocenters. The Morgan fingerprint density at radius 3 is 2.36 bits per heavy atom. The fourth-order valence-electron chi connectivity index (χ4n) is 0.834. The first-order valence-corrected chi connectivity index (χ1v) is 4.16. The molecule has 0 radical (unpaired) electrons. The number of rotatable bonds is 2. The van der Waals surface area contributed by atoms with Crippen LogP contribution in [0, 0.1) is 5.82 Å². The molecule has 0 aliphatic carbocycles. The van der Waals surface area contributed by atoms with E-state index >= 15 is 0 Å². The molecule has 0 saturated carbocycles. The number of carbonyl (C=O) groups excluding carboxylic acids is 1. The van der Waals surface area contributed by atoms with Gasteiger partial charge in [-0.1, -0.05) is 23.2 Å². The molecule has 1 aromatic rings. The second-order valence-electron chi connectivity index (χ2n) is 2.39. The van der Waals surface area contributed by atoms with Gasteiger partial charge in [0.05, 0.1) is 15.6 Å². The van der Waals surface area contributed by atoms with Gasteiger partial charge < -0.3 is 0 Å². The molecule has 0 aliphatic rings. The summed E-state index contributed by atoms with van der Waals surface area (Å²) in [6, 6.07) is 1.96. The van der Waals surface area contributed by atoms with Crippen LogP contribution in [0.1, 0.15) is 10.4 Å². The summed E-state index contributed by atoms with van der Waals surface area (Å²) in [5.41, 5.74) is -0.755. The van der Waals surface area contributed by atoms with Crippen LogP contribution in [-0.2, 0) is 0 Å². The third-order valence-electron chi connectivity index (χ3n) is 1.50. The molecule has 0 spiro atoms. The lowest BCUT2D eigenvalue weighted by atomic mass is 10.1. The molecule has 1 nitrogen and oxygen atoms in total. The summed E-state index contributed by atoms with van der Waals surface area (Å²) in [5.74, 6) is -2.83. The van der Waals surface area contributed by atoms with Crippen LogP contribution in [0.2, 0.25) is 10.0 Å². The van der Waals surface area contributed by atoms with E-state index in [4.69, 9.17) is 23.2 Å². The van der Waals surface area contributed by atoms with E-state index in [9.17, 15) is 18.0 Å². The molecular formula is C8H3Cl2F3O. The van der Waals surface area contributed by atoms with Gasteiger partial charge in [-0.05, 0) is 12.1 Å². The Balaban J connectivity index is 3.24. The van der Waals surface area contributed by atoms with Crippen molar-refractivity contribution in [2.45, 2.75) is 6.43 Å². The van der Waals surface area contributed by atoms with Crippen molar-refractivity contribution in [1.82, 2.24) is 0 Å². The smallest absolute Gasteiger partial charge is 0.288 e. The van der Waals surface area contributed by atoms with Gasteiger partial charge in [0.2, 0.25) is 5.78 Å². The van der Waals surface area contributed by atoms with Crippen LogP contribution in [0.3, 0.4) is 0 Å². The number of ketones is 1. The first-order valence-electron chi connectivity index (χ1n) is 3.41. The topological polar surface area (TPSA) is 17.1 Å². The second kappa shape index (κ2) is 4.19. The molecule has 1 aromatic carbocycles. The molecule has 6 heteroatoms. The molecule has 0 fully saturated rings. The molecule has 0 heterocycles. The molecule has 0 atom stereocenters. The summed E-state index contributed by atoms with van der Waals surface area (Å²) in [7, 11) is 0. The minimum Gasteiger partial charge on any atom is -0.288 e. The highest BCUT2D eigenvalue weighted by Gasteiger charge is 2.23. The van der Waals surface area contributed by atoms with E-state index in [1.165, 1.54) is 0 Å². The highest BCUT2D eigenvalue weighted by molar-refractivity contribution is 6.42. The van der Waals surface area contributed by atoms with Gasteiger partial charge in [0.15, 0.2) is 5.82 Å². The maximum atomic E-state index is 13.1. The van der Waals surface area contributed by atoms with Gasteiger partial charge in [-0.3, -0.25) is 4.79 Å². The number of benzene rings is 1. The third kappa shape index (κ3) is 2.01. The van der Waals surface area contributed by atoms with Gasteiger partial charge in [0, 0.05) is 0 Å². The van der Waals surface area contributed by atoms with Crippen molar-refractivity contribution < 1.29 is 18.0 Å². The van der Waals surface area contributed by atoms with Crippen LogP contribution >= 0.6 is 23.2 Å². The van der Waals surface area contributed by atoms with Crippen LogP contribution in [0.4, 0.5) is 13.2 Å². The van der Waals surface area contributed by atoms with Crippen LogP contribution in [-0.4, -0.2) is 12.2 Å². The van der Waals surface area contributed by atoms with E-state index in [0.717, 1.165) is 12.1 Å². The van der Waals surface area contributed by atoms with Crippen LogP contribution in [0.15, 0.2) is 12.1 Å². The summed E-state index contributed by atoms with van der Waals surface area (Å²) >= 11 is 10.7. The quantitative estimate of drug-likeness (QED) is 0.573. The van der Waals surface area contributed by atoms with Crippen LogP contribution in [0.5, 0.6) is 0 Å². The first kappa shape index (κ1) is 11.3. The average molecular weight is 243 g/mol. The molecule has 0 aromatic heterocycles. The van der Waals surface area contributed by atoms with Gasteiger partial charge in [0.1, 0.15) is 0 Å². The number of alkyl halides is 2. The molecule has 0 aliphatic heterocycles. The van der Waals surface area contributed by atoms with E-state index in [0.29, 0.717) is 0 Å². The molecule has 1 rings (SSSR count). The Bertz CT molecular complexity index is 379. The molecule has 76 valence electrons. The first-order chi connectivity index (χ1) is 6.45. The van der Waals surface area contributed by atoms with Gasteiger partial charge in [-0.15, -0.1) is 0 Å². The van der Waals surface area contributed by atoms with Crippen LogP contribution < -0.4 is 0 Å². The minimum atomic E-state index is -3.26. The Morgan fingerprint density at radius 1 is 1.29 bits per heavy atom. The zero-order chi connectivity index (χ0) is 10.9. The van der Waals surface area contributed by atoms with E-state index in [1.807, 2.05) is 0 Å². The van der Waals surface area contributed by atoms with Crippen molar-refractivity contribution in [2.75, 3.05) is 0 Å². The minimum absolute atomic E-state index is 0.130. The zero-order valence-corrected chi connectivity index (χ0v) is 8.04. The number of hydrogen-bond donors (Lipinski definition) is 0. The summed E-state index contributed by atoms with van der Waals surface area (Å²) in [5, 5.41) is -0.659. The predicted octanol–water partition coefficient (Wildman–Crippen LogP) is 3.58. The SMILES string of the molecule is O=C(c1ccc(Cl)c(Cl)c1F)C(F)F. The fraction of sp³-hybridized carbons (Fsp3) is 0.125. The number of halogens is 5. The van der Waals surface area contributed by atoms with E-state index in [-0.39, 0.29) is 5.02 Å². The number of carbonyl (C=O) groups is 1. The van der Waals surface area contributed by atoms with Gasteiger partial charge >= 0.3 is 6.43 Å². The molecule has 0 bridgehead atoms. The Hall–Kier alpha value is -0.740. The molecular weight excluding hydrogens is 240 g/mol. The standard InChI is InChI=1S/C8H3Cl2F3O/c9-4-2-1-3(6(11)5(4)10)7(14)8(12)13/h1-2,8H. The predicted molar refractivity (Wildman–Crippen MR) is 46.8 cm³/mol. The number of Topliss-reactive ketones (excluding diaryl/α,β-unsaturated/α-hetero) is 1. The van der Waals surface area contributed by atoms with Crippen molar-refractivity contribution in [1.29, 1.82) is 0 Å². The molecule has 0 amide bonds. The fourth-order valence-corrected chi connectivity index (χ4v) is 1.14. The summed E-state index contributed by atoms with van der Waals surface area (Å²) in [6.07, 6.45) is -3.26. The summed E-state index contributed by atoms with van der Waals surface area (Å²) in [4.78, 5) is 10.7. The van der Waals surface area contributed by atoms with E-state index in [1.54, 1.807) is 0 Å². The van der Waals surface area contributed by atoms with Crippen molar-refractivity contribution in [3.05, 3.63) is 33.6 Å². The zero-order valence-electron chi connectivity index (χ0n) is 6.53. The van der Waals surface area contributed by atoms with Crippen molar-refractivity contribution in [3.8, 4) is 0 Å². The lowest BCUT2D eigenvalue weighted by Gasteiger charge is -2.03. The lowest BCUT2D eigenvalue weighted by Crippen LogP contribution is -2.12.